The molecular formula is C57H105NO5. The van der Waals surface area contributed by atoms with E-state index in [1.54, 1.807) is 0 Å². The number of hydrogen-bond donors (Lipinski definition) is 3. The maximum absolute atomic E-state index is 13.2. The van der Waals surface area contributed by atoms with Gasteiger partial charge in [0.2, 0.25) is 5.91 Å². The summed E-state index contributed by atoms with van der Waals surface area (Å²) in [6.07, 6.45) is 61.7. The molecule has 0 fully saturated rings. The quantitative estimate of drug-likeness (QED) is 0.0321. The SMILES string of the molecule is CC/C=C/C/C=C/CCCCCCCCCC(=O)OC(CCCCCCCCC/C=C\C/C=C\CCCCC)CC(=O)NC(CO)C(O)CCCCCCCCCCCCCCC. The first-order valence-corrected chi connectivity index (χ1v) is 27.4. The molecule has 0 aromatic rings. The lowest BCUT2D eigenvalue weighted by Gasteiger charge is -2.24. The van der Waals surface area contributed by atoms with Crippen LogP contribution in [-0.4, -0.2) is 46.9 Å². The highest BCUT2D eigenvalue weighted by Crippen LogP contribution is 2.18. The topological polar surface area (TPSA) is 95.9 Å². The van der Waals surface area contributed by atoms with Gasteiger partial charge in [0.05, 0.1) is 25.2 Å². The number of amides is 1. The summed E-state index contributed by atoms with van der Waals surface area (Å²) in [5.41, 5.74) is 0. The normalized spacial score (nSPS) is 13.5. The summed E-state index contributed by atoms with van der Waals surface area (Å²) in [6.45, 7) is 6.37. The van der Waals surface area contributed by atoms with Gasteiger partial charge in [-0.25, -0.2) is 0 Å². The molecule has 0 saturated carbocycles. The molecule has 0 spiro atoms. The van der Waals surface area contributed by atoms with E-state index < -0.39 is 18.2 Å². The van der Waals surface area contributed by atoms with Gasteiger partial charge >= 0.3 is 5.97 Å². The van der Waals surface area contributed by atoms with Gasteiger partial charge < -0.3 is 20.3 Å². The van der Waals surface area contributed by atoms with E-state index in [9.17, 15) is 19.8 Å². The second kappa shape index (κ2) is 50.8. The van der Waals surface area contributed by atoms with Crippen LogP contribution in [0, 0.1) is 0 Å². The number of aliphatic hydroxyl groups is 2. The van der Waals surface area contributed by atoms with Crippen molar-refractivity contribution in [2.24, 2.45) is 0 Å². The smallest absolute Gasteiger partial charge is 0.306 e. The Labute approximate surface area is 391 Å². The molecule has 6 nitrogen and oxygen atoms in total. The predicted octanol–water partition coefficient (Wildman–Crippen LogP) is 16.6. The van der Waals surface area contributed by atoms with Crippen molar-refractivity contribution in [3.05, 3.63) is 48.6 Å². The van der Waals surface area contributed by atoms with Gasteiger partial charge in [-0.15, -0.1) is 0 Å². The number of nitrogens with one attached hydrogen (secondary N) is 1. The Morgan fingerprint density at radius 1 is 0.476 bits per heavy atom. The van der Waals surface area contributed by atoms with E-state index in [4.69, 9.17) is 4.74 Å². The number of hydrogen-bond acceptors (Lipinski definition) is 5. The van der Waals surface area contributed by atoms with Crippen molar-refractivity contribution < 1.29 is 24.5 Å². The third kappa shape index (κ3) is 46.2. The van der Waals surface area contributed by atoms with Gasteiger partial charge in [0.15, 0.2) is 0 Å². The van der Waals surface area contributed by atoms with Gasteiger partial charge in [-0.3, -0.25) is 9.59 Å². The largest absolute Gasteiger partial charge is 0.462 e. The van der Waals surface area contributed by atoms with Crippen LogP contribution in [0.15, 0.2) is 48.6 Å². The highest BCUT2D eigenvalue weighted by Gasteiger charge is 2.24. The minimum atomic E-state index is -0.791. The van der Waals surface area contributed by atoms with Crippen molar-refractivity contribution in [3.63, 3.8) is 0 Å². The molecule has 0 radical (unpaired) electrons. The fraction of sp³-hybridized carbons (Fsp3) is 0.825. The molecule has 0 aliphatic heterocycles. The van der Waals surface area contributed by atoms with Crippen molar-refractivity contribution in [1.82, 2.24) is 5.32 Å². The summed E-state index contributed by atoms with van der Waals surface area (Å²) >= 11 is 0. The maximum Gasteiger partial charge on any atom is 0.306 e. The molecular weight excluding hydrogens is 779 g/mol. The highest BCUT2D eigenvalue weighted by atomic mass is 16.5. The molecule has 0 aliphatic carbocycles. The summed E-state index contributed by atoms with van der Waals surface area (Å²) in [5.74, 6) is -0.483. The zero-order valence-corrected chi connectivity index (χ0v) is 42.0. The number of ether oxygens (including phenoxy) is 1. The van der Waals surface area contributed by atoms with Crippen molar-refractivity contribution >= 4 is 11.9 Å². The molecule has 0 aliphatic rings. The van der Waals surface area contributed by atoms with Crippen LogP contribution in [0.25, 0.3) is 0 Å². The van der Waals surface area contributed by atoms with Crippen molar-refractivity contribution in [3.8, 4) is 0 Å². The van der Waals surface area contributed by atoms with Gasteiger partial charge in [-0.2, -0.15) is 0 Å². The number of rotatable bonds is 49. The van der Waals surface area contributed by atoms with E-state index in [-0.39, 0.29) is 24.9 Å². The van der Waals surface area contributed by atoms with E-state index in [2.05, 4.69) is 74.7 Å². The molecule has 0 aromatic heterocycles. The molecule has 0 aromatic carbocycles. The Balaban J connectivity index is 4.59. The first kappa shape index (κ1) is 60.8. The average Bonchev–Trinajstić information content (AvgIpc) is 3.28. The van der Waals surface area contributed by atoms with Crippen molar-refractivity contribution in [2.45, 2.75) is 296 Å². The highest BCUT2D eigenvalue weighted by molar-refractivity contribution is 5.77. The summed E-state index contributed by atoms with van der Waals surface area (Å²) in [5, 5.41) is 23.8. The Kier molecular flexibility index (Phi) is 49.1. The molecule has 3 atom stereocenters. The Morgan fingerprint density at radius 3 is 1.32 bits per heavy atom. The van der Waals surface area contributed by atoms with Crippen molar-refractivity contribution in [2.75, 3.05) is 6.61 Å². The van der Waals surface area contributed by atoms with Crippen LogP contribution < -0.4 is 5.32 Å². The minimum Gasteiger partial charge on any atom is -0.462 e. The molecule has 1 amide bonds. The molecule has 0 rings (SSSR count). The Hall–Kier alpha value is -2.18. The second-order valence-electron chi connectivity index (χ2n) is 18.6. The third-order valence-corrected chi connectivity index (χ3v) is 12.4. The van der Waals surface area contributed by atoms with Crippen LogP contribution in [0.2, 0.25) is 0 Å². The number of unbranched alkanes of at least 4 members (excludes halogenated alkanes) is 29. The van der Waals surface area contributed by atoms with Gasteiger partial charge in [-0.05, 0) is 83.5 Å². The monoisotopic (exact) mass is 884 g/mol. The molecule has 0 bridgehead atoms. The molecule has 0 saturated heterocycles. The first-order valence-electron chi connectivity index (χ1n) is 27.4. The molecule has 0 heterocycles. The van der Waals surface area contributed by atoms with E-state index >= 15 is 0 Å². The van der Waals surface area contributed by atoms with Gasteiger partial charge in [0.25, 0.3) is 0 Å². The number of esters is 1. The van der Waals surface area contributed by atoms with Crippen LogP contribution in [0.3, 0.4) is 0 Å². The third-order valence-electron chi connectivity index (χ3n) is 12.4. The summed E-state index contributed by atoms with van der Waals surface area (Å²) in [7, 11) is 0. The lowest BCUT2D eigenvalue weighted by Crippen LogP contribution is -2.46. The van der Waals surface area contributed by atoms with Gasteiger partial charge in [0, 0.05) is 6.42 Å². The fourth-order valence-corrected chi connectivity index (χ4v) is 8.26. The van der Waals surface area contributed by atoms with E-state index in [1.165, 1.54) is 141 Å². The predicted molar refractivity (Wildman–Crippen MR) is 273 cm³/mol. The van der Waals surface area contributed by atoms with E-state index in [1.807, 2.05) is 0 Å². The summed E-state index contributed by atoms with van der Waals surface area (Å²) in [4.78, 5) is 26.2. The van der Waals surface area contributed by atoms with Crippen LogP contribution in [-0.2, 0) is 14.3 Å². The lowest BCUT2D eigenvalue weighted by atomic mass is 10.0. The van der Waals surface area contributed by atoms with E-state index in [0.29, 0.717) is 19.3 Å². The number of carbonyl (C=O) groups excluding carboxylic acids is 2. The maximum atomic E-state index is 13.2. The van der Waals surface area contributed by atoms with Gasteiger partial charge in [-0.1, -0.05) is 230 Å². The zero-order valence-electron chi connectivity index (χ0n) is 42.0. The van der Waals surface area contributed by atoms with Crippen LogP contribution in [0.4, 0.5) is 0 Å². The van der Waals surface area contributed by atoms with Crippen LogP contribution >= 0.6 is 0 Å². The number of carbonyl (C=O) groups is 2. The Morgan fingerprint density at radius 2 is 0.857 bits per heavy atom. The first-order chi connectivity index (χ1) is 31.0. The van der Waals surface area contributed by atoms with Crippen molar-refractivity contribution in [1.29, 1.82) is 0 Å². The second-order valence-corrected chi connectivity index (χ2v) is 18.6. The molecule has 3 unspecified atom stereocenters. The summed E-state index contributed by atoms with van der Waals surface area (Å²) < 4.78 is 5.95. The summed E-state index contributed by atoms with van der Waals surface area (Å²) in [6, 6.07) is -0.705. The molecule has 368 valence electrons. The lowest BCUT2D eigenvalue weighted by molar-refractivity contribution is -0.151. The molecule has 63 heavy (non-hydrogen) atoms. The average molecular weight is 884 g/mol. The van der Waals surface area contributed by atoms with Crippen LogP contribution in [0.1, 0.15) is 278 Å². The molecule has 3 N–H and O–H groups in total. The standard InChI is InChI=1S/C57H105NO5/c1-4-7-10-13-16-19-22-25-27-28-29-31-33-36-39-42-45-48-53(63-57(62)50-47-44-41-38-35-32-26-23-20-17-14-11-8-5-2)51-56(61)58-54(52-59)55(60)49-46-43-40-37-34-30-24-21-18-15-12-9-6-3/h8,11,16-17,19-20,25,27,53-55,59-60H,4-7,9-10,12-15,18,21-24,26,28-52H2,1-3H3,(H,58,61)/b11-8+,19-16-,20-17+,27-25-. The minimum absolute atomic E-state index is 0.0699. The Bertz CT molecular complexity index is 1080. The van der Waals surface area contributed by atoms with Gasteiger partial charge in [0.1, 0.15) is 6.10 Å². The van der Waals surface area contributed by atoms with E-state index in [0.717, 1.165) is 89.9 Å². The van der Waals surface area contributed by atoms with Crippen LogP contribution in [0.5, 0.6) is 0 Å². The number of aliphatic hydroxyl groups excluding tert-OH is 2. The zero-order chi connectivity index (χ0) is 45.9. The fourth-order valence-electron chi connectivity index (χ4n) is 8.26. The molecule has 6 heteroatoms. The number of allylic oxidation sites excluding steroid dienone is 8.